The van der Waals surface area contributed by atoms with E-state index >= 15 is 0 Å². The molecule has 0 radical (unpaired) electrons. The van der Waals surface area contributed by atoms with Gasteiger partial charge in [-0.25, -0.2) is 9.78 Å². The Kier molecular flexibility index (Phi) is 3.56. The summed E-state index contributed by atoms with van der Waals surface area (Å²) in [6, 6.07) is 13.6. The second-order valence-electron chi connectivity index (χ2n) is 4.63. The molecule has 0 aliphatic rings. The quantitative estimate of drug-likeness (QED) is 0.473. The maximum Gasteiger partial charge on any atom is 0.420 e. The molecule has 0 aliphatic carbocycles. The van der Waals surface area contributed by atoms with E-state index in [1.165, 1.54) is 11.8 Å². The van der Waals surface area contributed by atoms with Crippen molar-refractivity contribution in [3.8, 4) is 0 Å². The van der Waals surface area contributed by atoms with Crippen molar-refractivity contribution in [1.82, 2.24) is 9.55 Å². The molecule has 0 amide bonds. The molecule has 0 saturated carbocycles. The number of oxazole rings is 1. The Balaban J connectivity index is 1.66. The molecule has 2 aromatic heterocycles. The van der Waals surface area contributed by atoms with Crippen molar-refractivity contribution in [2.45, 2.75) is 10.2 Å². The van der Waals surface area contributed by atoms with Gasteiger partial charge in [-0.3, -0.25) is 4.57 Å². The normalized spacial score (nSPS) is 11.5. The minimum Gasteiger partial charge on any atom is -0.408 e. The Bertz CT molecular complexity index is 1000. The highest BCUT2D eigenvalue weighted by Crippen LogP contribution is 2.30. The Labute approximate surface area is 141 Å². The monoisotopic (exact) mass is 392 g/mol. The van der Waals surface area contributed by atoms with Gasteiger partial charge in [0.05, 0.1) is 21.6 Å². The van der Waals surface area contributed by atoms with Crippen LogP contribution in [0.1, 0.15) is 0 Å². The number of aromatic nitrogens is 2. The minimum atomic E-state index is -0.346. The van der Waals surface area contributed by atoms with E-state index in [1.807, 2.05) is 36.4 Å². The molecule has 0 spiro atoms. The lowest BCUT2D eigenvalue weighted by Gasteiger charge is -1.99. The van der Waals surface area contributed by atoms with Gasteiger partial charge in [0, 0.05) is 4.47 Å². The van der Waals surface area contributed by atoms with Crippen molar-refractivity contribution in [2.24, 2.45) is 0 Å². The fraction of sp³-hybridized carbons (Fsp3) is 0.0667. The van der Waals surface area contributed by atoms with E-state index in [1.54, 1.807) is 22.0 Å². The van der Waals surface area contributed by atoms with E-state index in [2.05, 4.69) is 20.9 Å². The van der Waals surface area contributed by atoms with Gasteiger partial charge in [-0.15, -0.1) is 11.3 Å². The first kappa shape index (κ1) is 14.0. The molecule has 110 valence electrons. The molecular formula is C15H9BrN2O2S2. The van der Waals surface area contributed by atoms with Crippen LogP contribution in [0.15, 0.2) is 60.5 Å². The van der Waals surface area contributed by atoms with E-state index in [4.69, 9.17) is 4.42 Å². The molecular weight excluding hydrogens is 384 g/mol. The third-order valence-corrected chi connectivity index (χ3v) is 5.88. The molecule has 0 saturated heterocycles. The number of thioether (sulfide) groups is 1. The van der Waals surface area contributed by atoms with Crippen LogP contribution < -0.4 is 5.76 Å². The van der Waals surface area contributed by atoms with Crippen LogP contribution in [-0.4, -0.2) is 9.55 Å². The fourth-order valence-corrected chi connectivity index (χ4v) is 4.54. The summed E-state index contributed by atoms with van der Waals surface area (Å²) < 4.78 is 9.88. The standard InChI is InChI=1S/C15H9BrN2O2S2/c16-9-5-6-11-12(7-9)20-15(19)18(11)8-21-14-17-10-3-1-2-4-13(10)22-14/h1-7H,8H2. The number of fused-ring (bicyclic) bond motifs is 2. The summed E-state index contributed by atoms with van der Waals surface area (Å²) in [5.41, 5.74) is 2.37. The molecule has 0 N–H and O–H groups in total. The maximum absolute atomic E-state index is 12.0. The van der Waals surface area contributed by atoms with Crippen molar-refractivity contribution in [2.75, 3.05) is 0 Å². The topological polar surface area (TPSA) is 48.0 Å². The zero-order valence-corrected chi connectivity index (χ0v) is 14.4. The molecule has 0 atom stereocenters. The summed E-state index contributed by atoms with van der Waals surface area (Å²) in [6.07, 6.45) is 0. The average molecular weight is 393 g/mol. The Morgan fingerprint density at radius 3 is 3.00 bits per heavy atom. The molecule has 7 heteroatoms. The number of benzene rings is 2. The molecule has 0 fully saturated rings. The first-order chi connectivity index (χ1) is 10.7. The van der Waals surface area contributed by atoms with Gasteiger partial charge in [0.2, 0.25) is 0 Å². The molecule has 22 heavy (non-hydrogen) atoms. The van der Waals surface area contributed by atoms with Crippen molar-refractivity contribution in [3.05, 3.63) is 57.5 Å². The van der Waals surface area contributed by atoms with Gasteiger partial charge in [-0.1, -0.05) is 39.8 Å². The van der Waals surface area contributed by atoms with E-state index < -0.39 is 0 Å². The Hall–Kier alpha value is -1.57. The van der Waals surface area contributed by atoms with Gasteiger partial charge in [-0.2, -0.15) is 0 Å². The number of para-hydroxylation sites is 1. The SMILES string of the molecule is O=c1oc2cc(Br)ccc2n1CSc1nc2ccccc2s1. The molecule has 4 rings (SSSR count). The minimum absolute atomic E-state index is 0.346. The second-order valence-corrected chi connectivity index (χ2v) is 7.77. The fourth-order valence-electron chi connectivity index (χ4n) is 2.20. The lowest BCUT2D eigenvalue weighted by molar-refractivity contribution is 0.526. The molecule has 4 nitrogen and oxygen atoms in total. The van der Waals surface area contributed by atoms with Crippen molar-refractivity contribution < 1.29 is 4.42 Å². The number of nitrogens with zero attached hydrogens (tertiary/aromatic N) is 2. The van der Waals surface area contributed by atoms with Crippen molar-refractivity contribution in [1.29, 1.82) is 0 Å². The maximum atomic E-state index is 12.0. The van der Waals surface area contributed by atoms with Crippen LogP contribution in [0.3, 0.4) is 0 Å². The lowest BCUT2D eigenvalue weighted by Crippen LogP contribution is -2.12. The molecule has 4 aromatic rings. The molecule has 0 bridgehead atoms. The van der Waals surface area contributed by atoms with Crippen LogP contribution in [0.4, 0.5) is 0 Å². The Morgan fingerprint density at radius 2 is 2.14 bits per heavy atom. The zero-order chi connectivity index (χ0) is 15.1. The van der Waals surface area contributed by atoms with Gasteiger partial charge in [0.1, 0.15) is 0 Å². The van der Waals surface area contributed by atoms with E-state index in [0.29, 0.717) is 11.5 Å². The predicted molar refractivity (Wildman–Crippen MR) is 93.7 cm³/mol. The molecule has 0 aliphatic heterocycles. The third kappa shape index (κ3) is 2.49. The number of thiazole rings is 1. The summed E-state index contributed by atoms with van der Waals surface area (Å²) in [4.78, 5) is 16.6. The van der Waals surface area contributed by atoms with Gasteiger partial charge in [0.25, 0.3) is 0 Å². The number of rotatable bonds is 3. The largest absolute Gasteiger partial charge is 0.420 e. The molecule has 2 aromatic carbocycles. The van der Waals surface area contributed by atoms with Gasteiger partial charge < -0.3 is 4.42 Å². The number of hydrogen-bond acceptors (Lipinski definition) is 5. The highest BCUT2D eigenvalue weighted by molar-refractivity contribution is 9.10. The summed E-state index contributed by atoms with van der Waals surface area (Å²) in [5, 5.41) is 0. The van der Waals surface area contributed by atoms with E-state index in [0.717, 1.165) is 24.5 Å². The molecule has 2 heterocycles. The van der Waals surface area contributed by atoms with Crippen LogP contribution in [-0.2, 0) is 5.88 Å². The van der Waals surface area contributed by atoms with E-state index in [9.17, 15) is 4.79 Å². The highest BCUT2D eigenvalue weighted by Gasteiger charge is 2.11. The van der Waals surface area contributed by atoms with Crippen LogP contribution in [0.5, 0.6) is 0 Å². The first-order valence-electron chi connectivity index (χ1n) is 6.48. The van der Waals surface area contributed by atoms with Gasteiger partial charge in [0.15, 0.2) is 9.92 Å². The summed E-state index contributed by atoms with van der Waals surface area (Å²) in [7, 11) is 0. The van der Waals surface area contributed by atoms with Gasteiger partial charge >= 0.3 is 5.76 Å². The lowest BCUT2D eigenvalue weighted by atomic mass is 10.3. The zero-order valence-electron chi connectivity index (χ0n) is 11.2. The Morgan fingerprint density at radius 1 is 1.27 bits per heavy atom. The molecule has 0 unspecified atom stereocenters. The summed E-state index contributed by atoms with van der Waals surface area (Å²) >= 11 is 6.54. The first-order valence-corrected chi connectivity index (χ1v) is 9.07. The third-order valence-electron chi connectivity index (χ3n) is 3.22. The highest BCUT2D eigenvalue weighted by atomic mass is 79.9. The van der Waals surface area contributed by atoms with E-state index in [-0.39, 0.29) is 5.76 Å². The van der Waals surface area contributed by atoms with Crippen LogP contribution in [0.2, 0.25) is 0 Å². The smallest absolute Gasteiger partial charge is 0.408 e. The average Bonchev–Trinajstić information content (AvgIpc) is 3.04. The van der Waals surface area contributed by atoms with Crippen molar-refractivity contribution >= 4 is 60.3 Å². The predicted octanol–water partition coefficient (Wildman–Crippen LogP) is 4.72. The summed E-state index contributed by atoms with van der Waals surface area (Å²) in [6.45, 7) is 0. The second kappa shape index (κ2) is 5.57. The van der Waals surface area contributed by atoms with Crippen molar-refractivity contribution in [3.63, 3.8) is 0 Å². The summed E-state index contributed by atoms with van der Waals surface area (Å²) in [5.74, 6) is 0.134. The number of hydrogen-bond donors (Lipinski definition) is 0. The van der Waals surface area contributed by atoms with Gasteiger partial charge in [-0.05, 0) is 30.3 Å². The van der Waals surface area contributed by atoms with Crippen LogP contribution in [0.25, 0.3) is 21.3 Å². The van der Waals surface area contributed by atoms with Crippen LogP contribution in [0, 0.1) is 0 Å². The van der Waals surface area contributed by atoms with Crippen LogP contribution >= 0.6 is 39.0 Å². The number of halogens is 1.